The molecule has 0 N–H and O–H groups in total. The van der Waals surface area contributed by atoms with Gasteiger partial charge < -0.3 is 9.80 Å². The molecule has 184 valence electrons. The third kappa shape index (κ3) is 6.90. The number of hydrogen-bond donors (Lipinski definition) is 0. The van der Waals surface area contributed by atoms with Crippen molar-refractivity contribution in [3.8, 4) is 6.07 Å². The molecule has 0 saturated carbocycles. The van der Waals surface area contributed by atoms with Gasteiger partial charge in [0, 0.05) is 18.8 Å². The average Bonchev–Trinajstić information content (AvgIpc) is 2.88. The van der Waals surface area contributed by atoms with Crippen LogP contribution in [0.1, 0.15) is 26.7 Å². The minimum atomic E-state index is -0.398. The van der Waals surface area contributed by atoms with Crippen LogP contribution in [0.2, 0.25) is 0 Å². The lowest BCUT2D eigenvalue weighted by Crippen LogP contribution is -2.33. The van der Waals surface area contributed by atoms with Gasteiger partial charge in [-0.1, -0.05) is 37.7 Å². The number of fused-ring (bicyclic) bond motifs is 1. The Balaban J connectivity index is 1.84. The zero-order valence-corrected chi connectivity index (χ0v) is 20.9. The minimum Gasteiger partial charge on any atom is -0.311 e. The lowest BCUT2D eigenvalue weighted by molar-refractivity contribution is -0.116. The van der Waals surface area contributed by atoms with E-state index in [0.717, 1.165) is 26.1 Å². The summed E-state index contributed by atoms with van der Waals surface area (Å²) in [5.41, 5.74) is 0.993. The van der Waals surface area contributed by atoms with Crippen LogP contribution in [0.4, 0.5) is 10.1 Å². The van der Waals surface area contributed by atoms with E-state index in [4.69, 9.17) is 10.2 Å². The maximum Gasteiger partial charge on any atom is 0.262 e. The number of para-hydroxylation sites is 1. The summed E-state index contributed by atoms with van der Waals surface area (Å²) in [5, 5.41) is 10.1. The predicted octanol–water partition coefficient (Wildman–Crippen LogP) is 4.31. The van der Waals surface area contributed by atoms with Gasteiger partial charge in [0.25, 0.3) is 5.56 Å². The second-order valence-corrected chi connectivity index (χ2v) is 8.91. The number of carbonyl (C=O) groups excluding carboxylic acids is 1. The number of benzene rings is 2. The van der Waals surface area contributed by atoms with E-state index in [9.17, 15) is 14.0 Å². The standard InChI is InChI=1S/C26H30FN5O2S/c1-3-30(4-2)16-8-18-32-25(34)22-9-5-6-10-23(22)29-26(32)35-19-24(33)31(17-7-15-28)21-13-11-20(27)12-14-21/h5-6,9-14H,3-4,7-8,16-19H2,1-2H3. The topological polar surface area (TPSA) is 82.2 Å². The third-order valence-electron chi connectivity index (χ3n) is 5.79. The van der Waals surface area contributed by atoms with Crippen LogP contribution in [0.3, 0.4) is 0 Å². The van der Waals surface area contributed by atoms with Gasteiger partial charge in [-0.2, -0.15) is 5.26 Å². The van der Waals surface area contributed by atoms with Crippen molar-refractivity contribution in [3.63, 3.8) is 0 Å². The van der Waals surface area contributed by atoms with E-state index in [1.165, 1.54) is 40.9 Å². The van der Waals surface area contributed by atoms with Crippen molar-refractivity contribution in [2.45, 2.75) is 38.4 Å². The number of carbonyl (C=O) groups is 1. The first-order valence-corrected chi connectivity index (χ1v) is 12.7. The van der Waals surface area contributed by atoms with Crippen molar-refractivity contribution in [3.05, 3.63) is 64.7 Å². The van der Waals surface area contributed by atoms with Gasteiger partial charge in [-0.05, 0) is 62.5 Å². The summed E-state index contributed by atoms with van der Waals surface area (Å²) in [6.07, 6.45) is 0.936. The Bertz CT molecular complexity index is 1240. The number of nitrogens with zero attached hydrogens (tertiary/aromatic N) is 5. The van der Waals surface area contributed by atoms with Crippen molar-refractivity contribution < 1.29 is 9.18 Å². The second-order valence-electron chi connectivity index (χ2n) is 7.97. The molecule has 35 heavy (non-hydrogen) atoms. The fraction of sp³-hybridized carbons (Fsp3) is 0.385. The number of amides is 1. The van der Waals surface area contributed by atoms with Crippen LogP contribution in [0, 0.1) is 17.1 Å². The van der Waals surface area contributed by atoms with E-state index in [0.29, 0.717) is 28.3 Å². The zero-order valence-electron chi connectivity index (χ0n) is 20.1. The Labute approximate surface area is 209 Å². The molecule has 1 heterocycles. The molecule has 0 aliphatic carbocycles. The summed E-state index contributed by atoms with van der Waals surface area (Å²) in [5.74, 6) is -0.609. The normalized spacial score (nSPS) is 11.1. The van der Waals surface area contributed by atoms with E-state index in [-0.39, 0.29) is 30.2 Å². The number of anilines is 1. The van der Waals surface area contributed by atoms with Gasteiger partial charge in [0.1, 0.15) is 5.82 Å². The summed E-state index contributed by atoms with van der Waals surface area (Å²) in [7, 11) is 0. The van der Waals surface area contributed by atoms with Crippen LogP contribution in [0.5, 0.6) is 0 Å². The van der Waals surface area contributed by atoms with E-state index in [1.54, 1.807) is 16.7 Å². The Hall–Kier alpha value is -3.22. The Morgan fingerprint density at radius 2 is 1.83 bits per heavy atom. The SMILES string of the molecule is CCN(CC)CCCn1c(SCC(=O)N(CCC#N)c2ccc(F)cc2)nc2ccccc2c1=O. The summed E-state index contributed by atoms with van der Waals surface area (Å²) in [4.78, 5) is 34.9. The van der Waals surface area contributed by atoms with Crippen molar-refractivity contribution in [1.82, 2.24) is 14.5 Å². The molecular formula is C26H30FN5O2S. The summed E-state index contributed by atoms with van der Waals surface area (Å²) >= 11 is 1.20. The van der Waals surface area contributed by atoms with Crippen LogP contribution in [-0.2, 0) is 11.3 Å². The molecule has 3 aromatic rings. The second kappa shape index (κ2) is 13.0. The van der Waals surface area contributed by atoms with Gasteiger partial charge in [0.05, 0.1) is 29.1 Å². The highest BCUT2D eigenvalue weighted by atomic mass is 32.2. The van der Waals surface area contributed by atoms with E-state index in [1.807, 2.05) is 18.2 Å². The van der Waals surface area contributed by atoms with Crippen LogP contribution >= 0.6 is 11.8 Å². The predicted molar refractivity (Wildman–Crippen MR) is 138 cm³/mol. The van der Waals surface area contributed by atoms with E-state index in [2.05, 4.69) is 18.7 Å². The number of nitriles is 1. The summed E-state index contributed by atoms with van der Waals surface area (Å²) in [6.45, 7) is 7.67. The molecule has 0 unspecified atom stereocenters. The molecule has 7 nitrogen and oxygen atoms in total. The molecule has 0 spiro atoms. The molecule has 2 aromatic carbocycles. The quantitative estimate of drug-likeness (QED) is 0.275. The molecule has 1 amide bonds. The fourth-order valence-electron chi connectivity index (χ4n) is 3.83. The molecule has 0 bridgehead atoms. The Morgan fingerprint density at radius 3 is 2.51 bits per heavy atom. The molecule has 0 fully saturated rings. The molecule has 0 saturated heterocycles. The highest BCUT2D eigenvalue weighted by Crippen LogP contribution is 2.22. The molecular weight excluding hydrogens is 465 g/mol. The van der Waals surface area contributed by atoms with Crippen LogP contribution < -0.4 is 10.5 Å². The number of rotatable bonds is 12. The minimum absolute atomic E-state index is 0.0314. The van der Waals surface area contributed by atoms with Gasteiger partial charge in [0.15, 0.2) is 5.16 Å². The van der Waals surface area contributed by atoms with Crippen LogP contribution in [-0.4, -0.2) is 52.3 Å². The smallest absolute Gasteiger partial charge is 0.262 e. The number of thioether (sulfide) groups is 1. The van der Waals surface area contributed by atoms with Crippen LogP contribution in [0.15, 0.2) is 58.5 Å². The molecule has 0 radical (unpaired) electrons. The van der Waals surface area contributed by atoms with Gasteiger partial charge in [-0.25, -0.2) is 9.37 Å². The summed E-state index contributed by atoms with van der Waals surface area (Å²) in [6, 6.07) is 14.9. The molecule has 0 atom stereocenters. The maximum absolute atomic E-state index is 13.4. The average molecular weight is 496 g/mol. The third-order valence-corrected chi connectivity index (χ3v) is 6.75. The largest absolute Gasteiger partial charge is 0.311 e. The van der Waals surface area contributed by atoms with Crippen molar-refractivity contribution in [1.29, 1.82) is 5.26 Å². The van der Waals surface area contributed by atoms with Crippen LogP contribution in [0.25, 0.3) is 10.9 Å². The molecule has 9 heteroatoms. The summed E-state index contributed by atoms with van der Waals surface area (Å²) < 4.78 is 15.0. The number of hydrogen-bond acceptors (Lipinski definition) is 6. The van der Waals surface area contributed by atoms with Crippen molar-refractivity contribution >= 4 is 34.3 Å². The van der Waals surface area contributed by atoms with Crippen molar-refractivity contribution in [2.75, 3.05) is 36.8 Å². The van der Waals surface area contributed by atoms with Gasteiger partial charge >= 0.3 is 0 Å². The first-order chi connectivity index (χ1) is 17.0. The van der Waals surface area contributed by atoms with E-state index < -0.39 is 5.82 Å². The monoisotopic (exact) mass is 495 g/mol. The molecule has 0 aliphatic heterocycles. The fourth-order valence-corrected chi connectivity index (χ4v) is 4.73. The maximum atomic E-state index is 13.4. The molecule has 0 aliphatic rings. The lowest BCUT2D eigenvalue weighted by Gasteiger charge is -2.22. The highest BCUT2D eigenvalue weighted by Gasteiger charge is 2.19. The van der Waals surface area contributed by atoms with Crippen molar-refractivity contribution in [2.24, 2.45) is 0 Å². The zero-order chi connectivity index (χ0) is 25.2. The Morgan fingerprint density at radius 1 is 1.11 bits per heavy atom. The van der Waals surface area contributed by atoms with E-state index >= 15 is 0 Å². The Kier molecular flexibility index (Phi) is 9.82. The van der Waals surface area contributed by atoms with Gasteiger partial charge in [0.2, 0.25) is 5.91 Å². The van der Waals surface area contributed by atoms with Gasteiger partial charge in [-0.3, -0.25) is 14.2 Å². The molecule has 3 rings (SSSR count). The first-order valence-electron chi connectivity index (χ1n) is 11.8. The highest BCUT2D eigenvalue weighted by molar-refractivity contribution is 7.99. The number of aromatic nitrogens is 2. The number of halogens is 1. The van der Waals surface area contributed by atoms with Gasteiger partial charge in [-0.15, -0.1) is 0 Å². The lowest BCUT2D eigenvalue weighted by atomic mass is 10.2. The molecule has 1 aromatic heterocycles. The first kappa shape index (κ1) is 26.4.